The molecule has 4 nitrogen and oxygen atoms in total. The van der Waals surface area contributed by atoms with Crippen LogP contribution in [0.25, 0.3) is 0 Å². The average molecular weight is 256 g/mol. The molecule has 0 bridgehead atoms. The van der Waals surface area contributed by atoms with Gasteiger partial charge in [0.15, 0.2) is 0 Å². The molecular formula is C15H20N4. The predicted molar refractivity (Wildman–Crippen MR) is 77.8 cm³/mol. The number of hydrogen-bond acceptors (Lipinski definition) is 4. The van der Waals surface area contributed by atoms with E-state index in [4.69, 9.17) is 0 Å². The van der Waals surface area contributed by atoms with E-state index >= 15 is 0 Å². The average Bonchev–Trinajstić information content (AvgIpc) is 2.48. The van der Waals surface area contributed by atoms with E-state index in [1.165, 1.54) is 5.56 Å². The van der Waals surface area contributed by atoms with Crippen LogP contribution in [0, 0.1) is 0 Å². The van der Waals surface area contributed by atoms with Gasteiger partial charge in [0.05, 0.1) is 5.69 Å². The summed E-state index contributed by atoms with van der Waals surface area (Å²) in [5.41, 5.74) is 2.31. The zero-order chi connectivity index (χ0) is 13.5. The summed E-state index contributed by atoms with van der Waals surface area (Å²) in [5, 5.41) is 3.14. The summed E-state index contributed by atoms with van der Waals surface area (Å²) < 4.78 is 0. The maximum atomic E-state index is 4.38. The van der Waals surface area contributed by atoms with Gasteiger partial charge in [0.25, 0.3) is 0 Å². The molecule has 2 heterocycles. The predicted octanol–water partition coefficient (Wildman–Crippen LogP) is 2.54. The molecule has 0 saturated heterocycles. The monoisotopic (exact) mass is 256 g/mol. The van der Waals surface area contributed by atoms with Gasteiger partial charge in [-0.1, -0.05) is 19.1 Å². The quantitative estimate of drug-likeness (QED) is 0.862. The number of aromatic nitrogens is 2. The molecule has 0 aromatic carbocycles. The second-order valence-electron chi connectivity index (χ2n) is 4.39. The normalized spacial score (nSPS) is 10.7. The number of nitrogens with zero attached hydrogens (tertiary/aromatic N) is 3. The van der Waals surface area contributed by atoms with E-state index in [2.05, 4.69) is 39.2 Å². The Balaban J connectivity index is 2.07. The molecule has 100 valence electrons. The minimum absolute atomic E-state index is 0.857. The first-order chi connectivity index (χ1) is 9.33. The van der Waals surface area contributed by atoms with E-state index in [0.717, 1.165) is 31.1 Å². The molecule has 0 atom stereocenters. The first-order valence-corrected chi connectivity index (χ1v) is 6.57. The zero-order valence-electron chi connectivity index (χ0n) is 11.5. The van der Waals surface area contributed by atoms with Crippen LogP contribution in [0.4, 0.5) is 5.82 Å². The van der Waals surface area contributed by atoms with E-state index in [1.54, 1.807) is 0 Å². The fraction of sp³-hybridized carbons (Fsp3) is 0.333. The van der Waals surface area contributed by atoms with E-state index < -0.39 is 0 Å². The van der Waals surface area contributed by atoms with Crippen LogP contribution in [0.1, 0.15) is 18.2 Å². The lowest BCUT2D eigenvalue weighted by molar-refractivity contribution is 0.268. The molecule has 0 fully saturated rings. The molecule has 0 amide bonds. The highest BCUT2D eigenvalue weighted by Crippen LogP contribution is 2.14. The Morgan fingerprint density at radius 2 is 1.89 bits per heavy atom. The molecule has 1 N–H and O–H groups in total. The fourth-order valence-corrected chi connectivity index (χ4v) is 2.03. The van der Waals surface area contributed by atoms with Crippen molar-refractivity contribution < 1.29 is 0 Å². The lowest BCUT2D eigenvalue weighted by atomic mass is 10.2. The van der Waals surface area contributed by atoms with Crippen molar-refractivity contribution in [3.05, 3.63) is 54.0 Å². The maximum absolute atomic E-state index is 4.38. The van der Waals surface area contributed by atoms with Gasteiger partial charge in [0.1, 0.15) is 5.82 Å². The van der Waals surface area contributed by atoms with E-state index in [1.807, 2.05) is 37.6 Å². The summed E-state index contributed by atoms with van der Waals surface area (Å²) in [6.45, 7) is 4.87. The van der Waals surface area contributed by atoms with Crippen LogP contribution in [0.5, 0.6) is 0 Å². The van der Waals surface area contributed by atoms with Crippen LogP contribution >= 0.6 is 0 Å². The first-order valence-electron chi connectivity index (χ1n) is 6.57. The van der Waals surface area contributed by atoms with Crippen LogP contribution in [-0.2, 0) is 13.1 Å². The third-order valence-corrected chi connectivity index (χ3v) is 3.08. The number of hydrogen-bond donors (Lipinski definition) is 1. The highest BCUT2D eigenvalue weighted by molar-refractivity contribution is 5.42. The summed E-state index contributed by atoms with van der Waals surface area (Å²) in [4.78, 5) is 11.1. The van der Waals surface area contributed by atoms with Gasteiger partial charge in [-0.25, -0.2) is 4.98 Å². The van der Waals surface area contributed by atoms with E-state index in [0.29, 0.717) is 0 Å². The second kappa shape index (κ2) is 6.85. The van der Waals surface area contributed by atoms with Crippen molar-refractivity contribution in [2.75, 3.05) is 18.9 Å². The van der Waals surface area contributed by atoms with Gasteiger partial charge in [-0.3, -0.25) is 9.88 Å². The number of pyridine rings is 2. The molecule has 2 aromatic rings. The largest absolute Gasteiger partial charge is 0.373 e. The maximum Gasteiger partial charge on any atom is 0.130 e. The molecule has 19 heavy (non-hydrogen) atoms. The van der Waals surface area contributed by atoms with Crippen molar-refractivity contribution in [3.8, 4) is 0 Å². The molecule has 0 spiro atoms. The highest BCUT2D eigenvalue weighted by Gasteiger charge is 2.08. The second-order valence-corrected chi connectivity index (χ2v) is 4.39. The standard InChI is InChI=1S/C15H20N4/c1-3-19(12-14-8-4-5-9-17-14)11-13-7-6-10-18-15(13)16-2/h4-10H,3,11-12H2,1-2H3,(H,16,18). The molecular weight excluding hydrogens is 236 g/mol. The SMILES string of the molecule is CCN(Cc1ccccn1)Cc1cccnc1NC. The molecule has 0 aliphatic rings. The summed E-state index contributed by atoms with van der Waals surface area (Å²) in [6, 6.07) is 10.1. The van der Waals surface area contributed by atoms with Crippen LogP contribution in [0.15, 0.2) is 42.7 Å². The van der Waals surface area contributed by atoms with Crippen LogP contribution in [0.3, 0.4) is 0 Å². The molecule has 2 rings (SSSR count). The minimum atomic E-state index is 0.857. The van der Waals surface area contributed by atoms with Crippen molar-refractivity contribution in [3.63, 3.8) is 0 Å². The Kier molecular flexibility index (Phi) is 4.86. The van der Waals surface area contributed by atoms with Gasteiger partial charge in [-0.2, -0.15) is 0 Å². The fourth-order valence-electron chi connectivity index (χ4n) is 2.03. The third kappa shape index (κ3) is 3.76. The third-order valence-electron chi connectivity index (χ3n) is 3.08. The Morgan fingerprint density at radius 1 is 1.05 bits per heavy atom. The van der Waals surface area contributed by atoms with Gasteiger partial charge >= 0.3 is 0 Å². The van der Waals surface area contributed by atoms with E-state index in [9.17, 15) is 0 Å². The van der Waals surface area contributed by atoms with Crippen LogP contribution < -0.4 is 5.32 Å². The van der Waals surface area contributed by atoms with Gasteiger partial charge < -0.3 is 5.32 Å². The summed E-state index contributed by atoms with van der Waals surface area (Å²) >= 11 is 0. The summed E-state index contributed by atoms with van der Waals surface area (Å²) in [5.74, 6) is 0.946. The van der Waals surface area contributed by atoms with Gasteiger partial charge in [0.2, 0.25) is 0 Å². The van der Waals surface area contributed by atoms with Crippen molar-refractivity contribution >= 4 is 5.82 Å². The Hall–Kier alpha value is -1.94. The Labute approximate surface area is 114 Å². The lowest BCUT2D eigenvalue weighted by Crippen LogP contribution is -2.23. The van der Waals surface area contributed by atoms with Gasteiger partial charge in [0, 0.05) is 38.1 Å². The molecule has 0 aliphatic heterocycles. The summed E-state index contributed by atoms with van der Waals surface area (Å²) in [7, 11) is 1.90. The number of nitrogens with one attached hydrogen (secondary N) is 1. The Bertz CT molecular complexity index is 499. The summed E-state index contributed by atoms with van der Waals surface area (Å²) in [6.07, 6.45) is 3.65. The minimum Gasteiger partial charge on any atom is -0.373 e. The van der Waals surface area contributed by atoms with Crippen molar-refractivity contribution in [1.29, 1.82) is 0 Å². The van der Waals surface area contributed by atoms with Crippen molar-refractivity contribution in [1.82, 2.24) is 14.9 Å². The lowest BCUT2D eigenvalue weighted by Gasteiger charge is -2.21. The van der Waals surface area contributed by atoms with Gasteiger partial charge in [-0.05, 0) is 24.7 Å². The topological polar surface area (TPSA) is 41.1 Å². The number of rotatable bonds is 6. The van der Waals surface area contributed by atoms with Gasteiger partial charge in [-0.15, -0.1) is 0 Å². The molecule has 0 unspecified atom stereocenters. The molecule has 2 aromatic heterocycles. The van der Waals surface area contributed by atoms with Crippen LogP contribution in [-0.4, -0.2) is 28.5 Å². The molecule has 0 saturated carbocycles. The van der Waals surface area contributed by atoms with E-state index in [-0.39, 0.29) is 0 Å². The Morgan fingerprint density at radius 3 is 2.58 bits per heavy atom. The zero-order valence-corrected chi connectivity index (χ0v) is 11.5. The van der Waals surface area contributed by atoms with Crippen molar-refractivity contribution in [2.45, 2.75) is 20.0 Å². The van der Waals surface area contributed by atoms with Crippen LogP contribution in [0.2, 0.25) is 0 Å². The molecule has 4 heteroatoms. The first kappa shape index (κ1) is 13.5. The van der Waals surface area contributed by atoms with Crippen molar-refractivity contribution in [2.24, 2.45) is 0 Å². The highest BCUT2D eigenvalue weighted by atomic mass is 15.1. The molecule has 0 aliphatic carbocycles. The molecule has 0 radical (unpaired) electrons. The number of anilines is 1. The smallest absolute Gasteiger partial charge is 0.130 e.